The molecule has 0 radical (unpaired) electrons. The summed E-state index contributed by atoms with van der Waals surface area (Å²) in [6.45, 7) is 0. The maximum Gasteiger partial charge on any atom is -0.0318 e. The van der Waals surface area contributed by atoms with Gasteiger partial charge in [0, 0.05) is 0 Å². The topological polar surface area (TPSA) is 0 Å². The van der Waals surface area contributed by atoms with E-state index in [1.54, 1.807) is 38.5 Å². The summed E-state index contributed by atoms with van der Waals surface area (Å²) in [7, 11) is 0. The minimum Gasteiger partial charge on any atom is -0.0530 e. The molecule has 0 bridgehead atoms. The van der Waals surface area contributed by atoms with Gasteiger partial charge in [-0.1, -0.05) is 12.8 Å². The standard InChI is InChI=1S/C12H18/c1-2-4-8-7(3-1)11-9-5-6-10(9)12(8)11/h7-12H,1-6H2. The highest BCUT2D eigenvalue weighted by molar-refractivity contribution is 5.16. The summed E-state index contributed by atoms with van der Waals surface area (Å²) in [5, 5.41) is 0. The Morgan fingerprint density at radius 3 is 1.33 bits per heavy atom. The number of fused-ring (bicyclic) bond motifs is 7. The molecule has 0 aliphatic heterocycles. The summed E-state index contributed by atoms with van der Waals surface area (Å²) in [4.78, 5) is 0. The van der Waals surface area contributed by atoms with E-state index in [0.717, 1.165) is 0 Å². The molecule has 0 N–H and O–H groups in total. The quantitative estimate of drug-likeness (QED) is 0.513. The molecule has 4 fully saturated rings. The van der Waals surface area contributed by atoms with Crippen molar-refractivity contribution in [2.24, 2.45) is 35.5 Å². The molecule has 4 aliphatic rings. The Kier molecular flexibility index (Phi) is 1.03. The molecule has 0 aromatic carbocycles. The summed E-state index contributed by atoms with van der Waals surface area (Å²) in [6.07, 6.45) is 9.54. The van der Waals surface area contributed by atoms with E-state index in [-0.39, 0.29) is 0 Å². The van der Waals surface area contributed by atoms with Crippen molar-refractivity contribution in [2.45, 2.75) is 38.5 Å². The third kappa shape index (κ3) is 0.506. The fourth-order valence-corrected chi connectivity index (χ4v) is 5.14. The van der Waals surface area contributed by atoms with Crippen molar-refractivity contribution in [3.8, 4) is 0 Å². The van der Waals surface area contributed by atoms with Crippen LogP contribution in [0.1, 0.15) is 38.5 Å². The van der Waals surface area contributed by atoms with Crippen LogP contribution in [-0.4, -0.2) is 0 Å². The van der Waals surface area contributed by atoms with Crippen LogP contribution in [0.15, 0.2) is 0 Å². The Balaban J connectivity index is 1.60. The Bertz CT molecular complexity index is 184. The van der Waals surface area contributed by atoms with Gasteiger partial charge < -0.3 is 0 Å². The molecule has 0 heteroatoms. The van der Waals surface area contributed by atoms with Crippen LogP contribution in [0.5, 0.6) is 0 Å². The van der Waals surface area contributed by atoms with E-state index in [1.807, 2.05) is 0 Å². The zero-order chi connectivity index (χ0) is 7.71. The Morgan fingerprint density at radius 2 is 0.917 bits per heavy atom. The Morgan fingerprint density at radius 1 is 0.500 bits per heavy atom. The average molecular weight is 162 g/mol. The molecule has 0 heterocycles. The number of rotatable bonds is 0. The van der Waals surface area contributed by atoms with Gasteiger partial charge in [0.1, 0.15) is 0 Å². The first-order valence-electron chi connectivity index (χ1n) is 5.97. The highest BCUT2D eigenvalue weighted by atomic mass is 14.7. The van der Waals surface area contributed by atoms with Crippen molar-refractivity contribution in [1.29, 1.82) is 0 Å². The maximum absolute atomic E-state index is 1.61. The highest BCUT2D eigenvalue weighted by Crippen LogP contribution is 2.74. The van der Waals surface area contributed by atoms with Crippen LogP contribution >= 0.6 is 0 Å². The second-order valence-electron chi connectivity index (χ2n) is 5.67. The first kappa shape index (κ1) is 6.45. The van der Waals surface area contributed by atoms with Gasteiger partial charge in [-0.15, -0.1) is 0 Å². The average Bonchev–Trinajstić information content (AvgIpc) is 2.08. The van der Waals surface area contributed by atoms with E-state index in [4.69, 9.17) is 0 Å². The van der Waals surface area contributed by atoms with Crippen molar-refractivity contribution in [2.75, 3.05) is 0 Å². The highest BCUT2D eigenvalue weighted by Gasteiger charge is 2.68. The van der Waals surface area contributed by atoms with E-state index in [9.17, 15) is 0 Å². The Labute approximate surface area is 74.7 Å². The van der Waals surface area contributed by atoms with Crippen LogP contribution < -0.4 is 0 Å². The molecule has 66 valence electrons. The number of hydrogen-bond acceptors (Lipinski definition) is 0. The zero-order valence-electron chi connectivity index (χ0n) is 7.71. The largest absolute Gasteiger partial charge is 0.0530 e. The van der Waals surface area contributed by atoms with Gasteiger partial charge in [-0.2, -0.15) is 0 Å². The van der Waals surface area contributed by atoms with E-state index < -0.39 is 0 Å². The summed E-state index contributed by atoms with van der Waals surface area (Å²) >= 11 is 0. The van der Waals surface area contributed by atoms with Gasteiger partial charge in [0.15, 0.2) is 0 Å². The lowest BCUT2D eigenvalue weighted by Gasteiger charge is -2.74. The molecule has 0 nitrogen and oxygen atoms in total. The van der Waals surface area contributed by atoms with Gasteiger partial charge in [-0.25, -0.2) is 0 Å². The van der Waals surface area contributed by atoms with Crippen molar-refractivity contribution >= 4 is 0 Å². The van der Waals surface area contributed by atoms with Gasteiger partial charge in [0.25, 0.3) is 0 Å². The minimum absolute atomic E-state index is 1.23. The normalized spacial score (nSPS) is 66.0. The van der Waals surface area contributed by atoms with Crippen molar-refractivity contribution in [3.05, 3.63) is 0 Å². The Hall–Kier alpha value is 0. The molecule has 4 saturated carbocycles. The van der Waals surface area contributed by atoms with Gasteiger partial charge >= 0.3 is 0 Å². The molecule has 4 aliphatic carbocycles. The first-order valence-corrected chi connectivity index (χ1v) is 5.97. The lowest BCUT2D eigenvalue weighted by molar-refractivity contribution is -0.259. The van der Waals surface area contributed by atoms with Crippen LogP contribution in [0.2, 0.25) is 0 Å². The minimum atomic E-state index is 1.23. The molecule has 0 saturated heterocycles. The third-order valence-electron chi connectivity index (χ3n) is 5.68. The van der Waals surface area contributed by atoms with Crippen LogP contribution in [0.25, 0.3) is 0 Å². The predicted molar refractivity (Wildman–Crippen MR) is 48.6 cm³/mol. The molecule has 0 spiro atoms. The molecule has 0 aromatic rings. The summed E-state index contributed by atoms with van der Waals surface area (Å²) in [5.74, 6) is 7.46. The molecule has 0 amide bonds. The molecule has 6 unspecified atom stereocenters. The van der Waals surface area contributed by atoms with Crippen molar-refractivity contribution in [1.82, 2.24) is 0 Å². The second-order valence-corrected chi connectivity index (χ2v) is 5.67. The SMILES string of the molecule is C1CCC2C(C1)C1C3CCC3C21. The first-order chi connectivity index (χ1) is 5.97. The molecular weight excluding hydrogens is 144 g/mol. The van der Waals surface area contributed by atoms with Gasteiger partial charge in [-0.05, 0) is 61.2 Å². The van der Waals surface area contributed by atoms with Gasteiger partial charge in [0.05, 0.1) is 0 Å². The smallest absolute Gasteiger partial charge is 0.0318 e. The lowest BCUT2D eigenvalue weighted by atomic mass is 9.31. The second kappa shape index (κ2) is 1.91. The maximum atomic E-state index is 1.61. The predicted octanol–water partition coefficient (Wildman–Crippen LogP) is 3.08. The molecular formula is C12H18. The van der Waals surface area contributed by atoms with Crippen LogP contribution in [0.4, 0.5) is 0 Å². The fourth-order valence-electron chi connectivity index (χ4n) is 5.14. The molecule has 6 atom stereocenters. The van der Waals surface area contributed by atoms with Crippen LogP contribution in [-0.2, 0) is 0 Å². The number of hydrogen-bond donors (Lipinski definition) is 0. The van der Waals surface area contributed by atoms with Crippen molar-refractivity contribution < 1.29 is 0 Å². The molecule has 0 aromatic heterocycles. The van der Waals surface area contributed by atoms with E-state index in [1.165, 1.54) is 35.5 Å². The zero-order valence-corrected chi connectivity index (χ0v) is 7.71. The van der Waals surface area contributed by atoms with Crippen LogP contribution in [0, 0.1) is 35.5 Å². The van der Waals surface area contributed by atoms with E-state index in [0.29, 0.717) is 0 Å². The fraction of sp³-hybridized carbons (Fsp3) is 1.00. The monoisotopic (exact) mass is 162 g/mol. The van der Waals surface area contributed by atoms with Crippen LogP contribution in [0.3, 0.4) is 0 Å². The van der Waals surface area contributed by atoms with Crippen molar-refractivity contribution in [3.63, 3.8) is 0 Å². The van der Waals surface area contributed by atoms with Gasteiger partial charge in [-0.3, -0.25) is 0 Å². The summed E-state index contributed by atoms with van der Waals surface area (Å²) in [6, 6.07) is 0. The van der Waals surface area contributed by atoms with Gasteiger partial charge in [0.2, 0.25) is 0 Å². The summed E-state index contributed by atoms with van der Waals surface area (Å²) < 4.78 is 0. The molecule has 12 heavy (non-hydrogen) atoms. The van der Waals surface area contributed by atoms with E-state index in [2.05, 4.69) is 0 Å². The third-order valence-corrected chi connectivity index (χ3v) is 5.68. The summed E-state index contributed by atoms with van der Waals surface area (Å²) in [5.41, 5.74) is 0. The molecule has 4 rings (SSSR count). The van der Waals surface area contributed by atoms with E-state index >= 15 is 0 Å². The lowest BCUT2D eigenvalue weighted by Crippen LogP contribution is -2.68.